The number of piperidine rings is 1. The Bertz CT molecular complexity index is 734. The summed E-state index contributed by atoms with van der Waals surface area (Å²) < 4.78 is 24.2. The highest BCUT2D eigenvalue weighted by atomic mass is 19.1. The molecule has 0 radical (unpaired) electrons. The maximum Gasteiger partial charge on any atom is 0.307 e. The van der Waals surface area contributed by atoms with E-state index in [4.69, 9.17) is 9.26 Å². The van der Waals surface area contributed by atoms with Gasteiger partial charge in [0.05, 0.1) is 19.6 Å². The zero-order valence-electron chi connectivity index (χ0n) is 15.0. The molecule has 0 unspecified atom stereocenters. The maximum absolute atomic E-state index is 13.8. The molecule has 26 heavy (non-hydrogen) atoms. The quantitative estimate of drug-likeness (QED) is 0.706. The fourth-order valence-electron chi connectivity index (χ4n) is 3.32. The zero-order valence-corrected chi connectivity index (χ0v) is 15.0. The average molecular weight is 361 g/mol. The Hall–Kier alpha value is -2.28. The van der Waals surface area contributed by atoms with Crippen LogP contribution < -0.4 is 0 Å². The molecular formula is C19H24FN3O3. The number of carbonyl (C=O) groups is 1. The highest BCUT2D eigenvalue weighted by molar-refractivity contribution is 5.70. The van der Waals surface area contributed by atoms with Gasteiger partial charge in [-0.1, -0.05) is 29.8 Å². The molecule has 0 amide bonds. The monoisotopic (exact) mass is 361 g/mol. The van der Waals surface area contributed by atoms with Crippen molar-refractivity contribution >= 4 is 5.97 Å². The maximum atomic E-state index is 13.8. The van der Waals surface area contributed by atoms with Crippen molar-refractivity contribution in [3.63, 3.8) is 0 Å². The van der Waals surface area contributed by atoms with E-state index in [1.54, 1.807) is 18.2 Å². The van der Waals surface area contributed by atoms with E-state index >= 15 is 0 Å². The third kappa shape index (κ3) is 4.88. The molecule has 2 aromatic rings. The SMILES string of the molecule is CCOC(=O)C[C@H]1CCCCN1Cc1nc(Cc2ccccc2F)no1. The van der Waals surface area contributed by atoms with Gasteiger partial charge in [0, 0.05) is 12.5 Å². The predicted molar refractivity (Wildman–Crippen MR) is 92.8 cm³/mol. The molecule has 1 aliphatic heterocycles. The van der Waals surface area contributed by atoms with Crippen molar-refractivity contribution < 1.29 is 18.4 Å². The minimum absolute atomic E-state index is 0.129. The number of rotatable bonds is 7. The standard InChI is InChI=1S/C19H24FN3O3/c1-2-25-19(24)12-15-8-5-6-10-23(15)13-18-21-17(22-26-18)11-14-7-3-4-9-16(14)20/h3-4,7,9,15H,2,5-6,8,10-13H2,1H3/t15-/m1/s1. The molecule has 6 nitrogen and oxygen atoms in total. The van der Waals surface area contributed by atoms with Crippen LogP contribution in [0, 0.1) is 5.82 Å². The molecule has 1 fully saturated rings. The molecule has 2 heterocycles. The van der Waals surface area contributed by atoms with Gasteiger partial charge in [-0.2, -0.15) is 4.98 Å². The molecule has 0 aliphatic carbocycles. The highest BCUT2D eigenvalue weighted by Gasteiger charge is 2.27. The van der Waals surface area contributed by atoms with E-state index in [0.29, 0.717) is 43.3 Å². The van der Waals surface area contributed by atoms with Crippen LogP contribution >= 0.6 is 0 Å². The summed E-state index contributed by atoms with van der Waals surface area (Å²) in [5.41, 5.74) is 0.540. The lowest BCUT2D eigenvalue weighted by atomic mass is 9.99. The third-order valence-corrected chi connectivity index (χ3v) is 4.61. The summed E-state index contributed by atoms with van der Waals surface area (Å²) >= 11 is 0. The normalized spacial score (nSPS) is 18.0. The number of ether oxygens (including phenoxy) is 1. The van der Waals surface area contributed by atoms with Crippen molar-refractivity contribution in [1.29, 1.82) is 0 Å². The molecule has 0 saturated carbocycles. The van der Waals surface area contributed by atoms with E-state index in [1.807, 2.05) is 6.92 Å². The zero-order chi connectivity index (χ0) is 18.4. The second-order valence-corrected chi connectivity index (χ2v) is 6.50. The molecule has 1 atom stereocenters. The van der Waals surface area contributed by atoms with Gasteiger partial charge < -0.3 is 9.26 Å². The minimum atomic E-state index is -0.274. The number of nitrogens with zero attached hydrogens (tertiary/aromatic N) is 3. The van der Waals surface area contributed by atoms with E-state index < -0.39 is 0 Å². The predicted octanol–water partition coefficient (Wildman–Crippen LogP) is 3.11. The van der Waals surface area contributed by atoms with Crippen molar-refractivity contribution in [2.75, 3.05) is 13.2 Å². The minimum Gasteiger partial charge on any atom is -0.466 e. The van der Waals surface area contributed by atoms with Gasteiger partial charge in [-0.15, -0.1) is 0 Å². The van der Waals surface area contributed by atoms with Crippen molar-refractivity contribution in [1.82, 2.24) is 15.0 Å². The van der Waals surface area contributed by atoms with E-state index in [2.05, 4.69) is 15.0 Å². The number of esters is 1. The van der Waals surface area contributed by atoms with Gasteiger partial charge >= 0.3 is 5.97 Å². The van der Waals surface area contributed by atoms with Gasteiger partial charge in [-0.3, -0.25) is 9.69 Å². The second-order valence-electron chi connectivity index (χ2n) is 6.50. The Kier molecular flexibility index (Phi) is 6.33. The number of hydrogen-bond acceptors (Lipinski definition) is 6. The topological polar surface area (TPSA) is 68.5 Å². The number of carbonyl (C=O) groups excluding carboxylic acids is 1. The molecule has 3 rings (SSSR count). The molecule has 1 aromatic carbocycles. The van der Waals surface area contributed by atoms with Crippen molar-refractivity contribution in [3.8, 4) is 0 Å². The van der Waals surface area contributed by atoms with Gasteiger partial charge in [0.25, 0.3) is 0 Å². The van der Waals surface area contributed by atoms with Gasteiger partial charge in [-0.05, 0) is 37.9 Å². The van der Waals surface area contributed by atoms with Crippen molar-refractivity contribution in [2.45, 2.75) is 51.6 Å². The first kappa shape index (κ1) is 18.5. The van der Waals surface area contributed by atoms with E-state index in [1.165, 1.54) is 6.07 Å². The number of halogens is 1. The van der Waals surface area contributed by atoms with Crippen molar-refractivity contribution in [2.24, 2.45) is 0 Å². The summed E-state index contributed by atoms with van der Waals surface area (Å²) in [5, 5.41) is 3.96. The summed E-state index contributed by atoms with van der Waals surface area (Å²) in [6.07, 6.45) is 3.81. The van der Waals surface area contributed by atoms with Crippen LogP contribution in [-0.2, 0) is 22.5 Å². The third-order valence-electron chi connectivity index (χ3n) is 4.61. The lowest BCUT2D eigenvalue weighted by Crippen LogP contribution is -2.40. The number of benzene rings is 1. The lowest BCUT2D eigenvalue weighted by Gasteiger charge is -2.34. The fraction of sp³-hybridized carbons (Fsp3) is 0.526. The van der Waals surface area contributed by atoms with Crippen LogP contribution in [0.1, 0.15) is 49.9 Å². The fourth-order valence-corrected chi connectivity index (χ4v) is 3.32. The summed E-state index contributed by atoms with van der Waals surface area (Å²) in [5.74, 6) is 0.510. The van der Waals surface area contributed by atoms with Gasteiger partial charge in [0.2, 0.25) is 5.89 Å². The number of likely N-dealkylation sites (tertiary alicyclic amines) is 1. The molecule has 1 saturated heterocycles. The smallest absolute Gasteiger partial charge is 0.307 e. The Labute approximate surface area is 152 Å². The van der Waals surface area contributed by atoms with Crippen LogP contribution in [0.4, 0.5) is 4.39 Å². The number of aromatic nitrogens is 2. The van der Waals surface area contributed by atoms with Crippen LogP contribution in [0.5, 0.6) is 0 Å². The molecular weight excluding hydrogens is 337 g/mol. The van der Waals surface area contributed by atoms with E-state index in [-0.39, 0.29) is 17.8 Å². The highest BCUT2D eigenvalue weighted by Crippen LogP contribution is 2.22. The van der Waals surface area contributed by atoms with Gasteiger partial charge in [0.15, 0.2) is 5.82 Å². The molecule has 0 spiro atoms. The number of hydrogen-bond donors (Lipinski definition) is 0. The molecule has 140 valence electrons. The Morgan fingerprint density at radius 1 is 1.38 bits per heavy atom. The average Bonchev–Trinajstić information content (AvgIpc) is 3.06. The summed E-state index contributed by atoms with van der Waals surface area (Å²) in [6.45, 7) is 3.59. The first-order valence-corrected chi connectivity index (χ1v) is 9.10. The summed E-state index contributed by atoms with van der Waals surface area (Å²) in [4.78, 5) is 18.4. The molecule has 0 bridgehead atoms. The van der Waals surface area contributed by atoms with Crippen LogP contribution in [0.15, 0.2) is 28.8 Å². The van der Waals surface area contributed by atoms with Crippen LogP contribution in [-0.4, -0.2) is 40.2 Å². The summed E-state index contributed by atoms with van der Waals surface area (Å²) in [6, 6.07) is 6.70. The van der Waals surface area contributed by atoms with Crippen LogP contribution in [0.25, 0.3) is 0 Å². The molecule has 7 heteroatoms. The van der Waals surface area contributed by atoms with E-state index in [9.17, 15) is 9.18 Å². The Morgan fingerprint density at radius 2 is 2.23 bits per heavy atom. The molecule has 1 aromatic heterocycles. The Morgan fingerprint density at radius 3 is 3.04 bits per heavy atom. The van der Waals surface area contributed by atoms with E-state index in [0.717, 1.165) is 25.8 Å². The second kappa shape index (κ2) is 8.89. The molecule has 1 aliphatic rings. The molecule has 0 N–H and O–H groups in total. The van der Waals surface area contributed by atoms with Crippen LogP contribution in [0.3, 0.4) is 0 Å². The Balaban J connectivity index is 1.61. The largest absolute Gasteiger partial charge is 0.466 e. The van der Waals surface area contributed by atoms with Gasteiger partial charge in [-0.25, -0.2) is 4.39 Å². The first-order chi connectivity index (χ1) is 12.7. The summed E-state index contributed by atoms with van der Waals surface area (Å²) in [7, 11) is 0. The first-order valence-electron chi connectivity index (χ1n) is 9.10. The van der Waals surface area contributed by atoms with Gasteiger partial charge in [0.1, 0.15) is 5.82 Å². The lowest BCUT2D eigenvalue weighted by molar-refractivity contribution is -0.145. The van der Waals surface area contributed by atoms with Crippen LogP contribution in [0.2, 0.25) is 0 Å². The van der Waals surface area contributed by atoms with Crippen molar-refractivity contribution in [3.05, 3.63) is 47.4 Å².